The Morgan fingerprint density at radius 1 is 1.19 bits per heavy atom. The van der Waals surface area contributed by atoms with Crippen LogP contribution in [0, 0.1) is 0 Å². The Hall–Kier alpha value is -2.47. The van der Waals surface area contributed by atoms with Crippen LogP contribution in [0.1, 0.15) is 41.2 Å². The standard InChI is InChI=1S/C20H22N4OS/c1-14(19-22-16-9-3-4-10-17(16)26-19)23(2)20(25)15-8-7-11-21-18(15)24-12-5-6-13-24/h3-4,7-11,14H,5-6,12-13H2,1-2H3. The molecule has 1 aliphatic heterocycles. The Kier molecular flexibility index (Phi) is 4.59. The van der Waals surface area contributed by atoms with Gasteiger partial charge in [0.2, 0.25) is 0 Å². The van der Waals surface area contributed by atoms with Crippen molar-refractivity contribution in [1.29, 1.82) is 0 Å². The average molecular weight is 366 g/mol. The zero-order valence-electron chi connectivity index (χ0n) is 15.1. The zero-order chi connectivity index (χ0) is 18.1. The van der Waals surface area contributed by atoms with Gasteiger partial charge in [-0.15, -0.1) is 11.3 Å². The number of fused-ring (bicyclic) bond motifs is 1. The largest absolute Gasteiger partial charge is 0.356 e. The maximum absolute atomic E-state index is 13.2. The van der Waals surface area contributed by atoms with Crippen LogP contribution in [0.5, 0.6) is 0 Å². The van der Waals surface area contributed by atoms with Crippen LogP contribution >= 0.6 is 11.3 Å². The average Bonchev–Trinajstić information content (AvgIpc) is 3.35. The molecule has 134 valence electrons. The van der Waals surface area contributed by atoms with Crippen molar-refractivity contribution in [2.45, 2.75) is 25.8 Å². The summed E-state index contributed by atoms with van der Waals surface area (Å²) in [5.41, 5.74) is 1.66. The minimum Gasteiger partial charge on any atom is -0.356 e. The second-order valence-corrected chi connectivity index (χ2v) is 7.74. The first-order valence-corrected chi connectivity index (χ1v) is 9.79. The van der Waals surface area contributed by atoms with Gasteiger partial charge in [-0.3, -0.25) is 4.79 Å². The Morgan fingerprint density at radius 2 is 1.96 bits per heavy atom. The van der Waals surface area contributed by atoms with E-state index in [1.165, 1.54) is 0 Å². The normalized spacial score (nSPS) is 15.4. The Labute approximate surface area is 157 Å². The summed E-state index contributed by atoms with van der Waals surface area (Å²) < 4.78 is 1.15. The van der Waals surface area contributed by atoms with E-state index in [4.69, 9.17) is 4.98 Å². The monoisotopic (exact) mass is 366 g/mol. The molecule has 4 rings (SSSR count). The first-order chi connectivity index (χ1) is 12.6. The number of nitrogens with zero attached hydrogens (tertiary/aromatic N) is 4. The molecule has 0 N–H and O–H groups in total. The maximum Gasteiger partial charge on any atom is 0.257 e. The van der Waals surface area contributed by atoms with Crippen LogP contribution in [0.25, 0.3) is 10.2 Å². The summed E-state index contributed by atoms with van der Waals surface area (Å²) in [7, 11) is 1.85. The lowest BCUT2D eigenvalue weighted by Crippen LogP contribution is -2.32. The molecule has 0 saturated carbocycles. The zero-order valence-corrected chi connectivity index (χ0v) is 15.9. The molecule has 5 nitrogen and oxygen atoms in total. The van der Waals surface area contributed by atoms with Gasteiger partial charge in [-0.25, -0.2) is 9.97 Å². The second-order valence-electron chi connectivity index (χ2n) is 6.68. The maximum atomic E-state index is 13.2. The summed E-state index contributed by atoms with van der Waals surface area (Å²) in [6, 6.07) is 11.7. The molecule has 1 fully saturated rings. The third-order valence-corrected chi connectivity index (χ3v) is 6.20. The SMILES string of the molecule is CC(c1nc2ccccc2s1)N(C)C(=O)c1cccnc1N1CCCC1. The third-order valence-electron chi connectivity index (χ3n) is 4.99. The van der Waals surface area contributed by atoms with Crippen LogP contribution < -0.4 is 4.90 Å². The number of hydrogen-bond donors (Lipinski definition) is 0. The smallest absolute Gasteiger partial charge is 0.257 e. The molecule has 26 heavy (non-hydrogen) atoms. The number of hydrogen-bond acceptors (Lipinski definition) is 5. The van der Waals surface area contributed by atoms with Crippen LogP contribution in [-0.4, -0.2) is 40.9 Å². The fourth-order valence-electron chi connectivity index (χ4n) is 3.35. The van der Waals surface area contributed by atoms with E-state index in [2.05, 4.69) is 16.0 Å². The third kappa shape index (κ3) is 3.05. The number of pyridine rings is 1. The molecule has 1 unspecified atom stereocenters. The first-order valence-electron chi connectivity index (χ1n) is 8.98. The van der Waals surface area contributed by atoms with Crippen molar-refractivity contribution < 1.29 is 4.79 Å². The number of para-hydroxylation sites is 1. The van der Waals surface area contributed by atoms with Gasteiger partial charge in [0.05, 0.1) is 21.8 Å². The highest BCUT2D eigenvalue weighted by Gasteiger charge is 2.26. The lowest BCUT2D eigenvalue weighted by molar-refractivity contribution is 0.0743. The lowest BCUT2D eigenvalue weighted by Gasteiger charge is -2.26. The number of aromatic nitrogens is 2. The molecule has 1 aromatic carbocycles. The van der Waals surface area contributed by atoms with E-state index in [0.717, 1.165) is 47.0 Å². The molecular formula is C20H22N4OS. The van der Waals surface area contributed by atoms with E-state index < -0.39 is 0 Å². The Balaban J connectivity index is 1.61. The minimum atomic E-state index is -0.0912. The molecule has 6 heteroatoms. The number of carbonyl (C=O) groups excluding carboxylic acids is 1. The summed E-state index contributed by atoms with van der Waals surface area (Å²) >= 11 is 1.64. The second kappa shape index (κ2) is 7.03. The number of benzene rings is 1. The molecule has 0 bridgehead atoms. The fourth-order valence-corrected chi connectivity index (χ4v) is 4.41. The van der Waals surface area contributed by atoms with Crippen molar-refractivity contribution in [3.05, 3.63) is 53.2 Å². The molecule has 1 atom stereocenters. The van der Waals surface area contributed by atoms with Gasteiger partial charge in [0.1, 0.15) is 10.8 Å². The van der Waals surface area contributed by atoms with Crippen molar-refractivity contribution >= 4 is 33.3 Å². The van der Waals surface area contributed by atoms with Crippen LogP contribution in [0.2, 0.25) is 0 Å². The van der Waals surface area contributed by atoms with Gasteiger partial charge in [0, 0.05) is 26.3 Å². The predicted octanol–water partition coefficient (Wildman–Crippen LogP) is 4.12. The van der Waals surface area contributed by atoms with Gasteiger partial charge < -0.3 is 9.80 Å². The molecule has 2 aromatic heterocycles. The van der Waals surface area contributed by atoms with E-state index in [0.29, 0.717) is 5.56 Å². The topological polar surface area (TPSA) is 49.3 Å². The van der Waals surface area contributed by atoms with Gasteiger partial charge in [0.25, 0.3) is 5.91 Å². The molecule has 3 aromatic rings. The summed E-state index contributed by atoms with van der Waals surface area (Å²) in [4.78, 5) is 26.4. The highest BCUT2D eigenvalue weighted by molar-refractivity contribution is 7.18. The van der Waals surface area contributed by atoms with Crippen LogP contribution in [0.15, 0.2) is 42.6 Å². The molecule has 0 spiro atoms. The van der Waals surface area contributed by atoms with E-state index in [9.17, 15) is 4.79 Å². The van der Waals surface area contributed by atoms with Crippen molar-refractivity contribution in [2.75, 3.05) is 25.0 Å². The summed E-state index contributed by atoms with van der Waals surface area (Å²) in [5, 5.41) is 0.952. The number of carbonyl (C=O) groups is 1. The Morgan fingerprint density at radius 3 is 2.73 bits per heavy atom. The molecule has 1 aliphatic rings. The number of rotatable bonds is 4. The summed E-state index contributed by atoms with van der Waals surface area (Å²) in [6.07, 6.45) is 4.08. The molecule has 1 saturated heterocycles. The molecule has 1 amide bonds. The van der Waals surface area contributed by atoms with E-state index in [1.807, 2.05) is 44.3 Å². The van der Waals surface area contributed by atoms with Crippen molar-refractivity contribution in [2.24, 2.45) is 0 Å². The quantitative estimate of drug-likeness (QED) is 0.697. The summed E-state index contributed by atoms with van der Waals surface area (Å²) in [5.74, 6) is 0.796. The number of amides is 1. The number of anilines is 1. The molecule has 0 aliphatic carbocycles. The molecule has 0 radical (unpaired) electrons. The van der Waals surface area contributed by atoms with Crippen LogP contribution in [-0.2, 0) is 0 Å². The Bertz CT molecular complexity index is 899. The van der Waals surface area contributed by atoms with E-state index in [-0.39, 0.29) is 11.9 Å². The molecular weight excluding hydrogens is 344 g/mol. The fraction of sp³-hybridized carbons (Fsp3) is 0.350. The van der Waals surface area contributed by atoms with E-state index in [1.54, 1.807) is 22.4 Å². The predicted molar refractivity (Wildman–Crippen MR) is 106 cm³/mol. The van der Waals surface area contributed by atoms with Crippen molar-refractivity contribution in [1.82, 2.24) is 14.9 Å². The highest BCUT2D eigenvalue weighted by Crippen LogP contribution is 2.31. The van der Waals surface area contributed by atoms with Crippen molar-refractivity contribution in [3.63, 3.8) is 0 Å². The number of thiazole rings is 1. The molecule has 3 heterocycles. The van der Waals surface area contributed by atoms with Crippen LogP contribution in [0.4, 0.5) is 5.82 Å². The van der Waals surface area contributed by atoms with Crippen molar-refractivity contribution in [3.8, 4) is 0 Å². The van der Waals surface area contributed by atoms with Gasteiger partial charge in [-0.05, 0) is 44.0 Å². The van der Waals surface area contributed by atoms with Gasteiger partial charge >= 0.3 is 0 Å². The van der Waals surface area contributed by atoms with Gasteiger partial charge in [0.15, 0.2) is 0 Å². The minimum absolute atomic E-state index is 0.00763. The van der Waals surface area contributed by atoms with Gasteiger partial charge in [-0.1, -0.05) is 12.1 Å². The highest BCUT2D eigenvalue weighted by atomic mass is 32.1. The first kappa shape index (κ1) is 17.0. The van der Waals surface area contributed by atoms with E-state index >= 15 is 0 Å². The summed E-state index contributed by atoms with van der Waals surface area (Å²) in [6.45, 7) is 3.96. The van der Waals surface area contributed by atoms with Crippen LogP contribution in [0.3, 0.4) is 0 Å². The van der Waals surface area contributed by atoms with Gasteiger partial charge in [-0.2, -0.15) is 0 Å². The lowest BCUT2D eigenvalue weighted by atomic mass is 10.2.